The predicted octanol–water partition coefficient (Wildman–Crippen LogP) is 5.69. The molecule has 2 aromatic heterocycles. The highest BCUT2D eigenvalue weighted by Crippen LogP contribution is 2.25. The Morgan fingerprint density at radius 2 is 1.73 bits per heavy atom. The molecule has 0 fully saturated rings. The van der Waals surface area contributed by atoms with Crippen LogP contribution in [0.15, 0.2) is 77.0 Å². The highest BCUT2D eigenvalue weighted by molar-refractivity contribution is 7.91. The minimum Gasteiger partial charge on any atom is -0.477 e. The third-order valence-corrected chi connectivity index (χ3v) is 9.23. The minimum atomic E-state index is -3.44. The third kappa shape index (κ3) is 9.25. The zero-order valence-electron chi connectivity index (χ0n) is 24.3. The van der Waals surface area contributed by atoms with E-state index in [0.29, 0.717) is 17.9 Å². The monoisotopic (exact) mass is 657 g/mol. The Hall–Kier alpha value is -4.00. The number of rotatable bonds is 13. The second kappa shape index (κ2) is 14.2. The van der Waals surface area contributed by atoms with Gasteiger partial charge in [-0.25, -0.2) is 23.2 Å². The number of halogens is 1. The minimum absolute atomic E-state index is 0.0384. The molecule has 1 amide bonds. The number of carbonyl (C=O) groups excluding carboxylic acids is 1. The molecule has 2 aromatic carbocycles. The van der Waals surface area contributed by atoms with E-state index in [9.17, 15) is 23.1 Å². The number of aliphatic carboxylic acids is 1. The number of pyridine rings is 1. The fourth-order valence-electron chi connectivity index (χ4n) is 3.91. The molecule has 0 saturated carbocycles. The van der Waals surface area contributed by atoms with Crippen molar-refractivity contribution in [2.45, 2.75) is 56.8 Å². The lowest BCUT2D eigenvalue weighted by Crippen LogP contribution is -2.45. The summed E-state index contributed by atoms with van der Waals surface area (Å²) in [5, 5.41) is 15.2. The Morgan fingerprint density at radius 1 is 1.02 bits per heavy atom. The number of carboxylic acids is 1. The Bertz CT molecular complexity index is 1700. The molecule has 0 aliphatic carbocycles. The molecule has 1 unspecified atom stereocenters. The van der Waals surface area contributed by atoms with Crippen molar-refractivity contribution >= 4 is 44.7 Å². The molecule has 232 valence electrons. The first-order valence-corrected chi connectivity index (χ1v) is 16.5. The van der Waals surface area contributed by atoms with Crippen LogP contribution in [-0.2, 0) is 33.1 Å². The van der Waals surface area contributed by atoms with Crippen molar-refractivity contribution in [2.75, 3.05) is 5.75 Å². The summed E-state index contributed by atoms with van der Waals surface area (Å²) in [5.74, 6) is -1.80. The van der Waals surface area contributed by atoms with Gasteiger partial charge in [0.1, 0.15) is 23.1 Å². The van der Waals surface area contributed by atoms with E-state index in [1.54, 1.807) is 36.4 Å². The lowest BCUT2D eigenvalue weighted by Gasteiger charge is -2.17. The van der Waals surface area contributed by atoms with Gasteiger partial charge < -0.3 is 19.9 Å². The number of ether oxygens (including phenoxy) is 2. The number of thiazole rings is 1. The predicted molar refractivity (Wildman–Crippen MR) is 167 cm³/mol. The second-order valence-corrected chi connectivity index (χ2v) is 14.3. The van der Waals surface area contributed by atoms with Crippen LogP contribution in [0.25, 0.3) is 0 Å². The maximum Gasteiger partial charge on any atom is 0.366 e. The van der Waals surface area contributed by atoms with Crippen molar-refractivity contribution in [3.8, 4) is 11.6 Å². The molecule has 2 N–H and O–H groups in total. The van der Waals surface area contributed by atoms with Gasteiger partial charge in [-0.1, -0.05) is 50.6 Å². The Kier molecular flexibility index (Phi) is 10.6. The fraction of sp³-hybridized carbons (Fsp3) is 0.290. The molecular weight excluding hydrogens is 626 g/mol. The van der Waals surface area contributed by atoms with Gasteiger partial charge in [-0.3, -0.25) is 4.79 Å². The molecule has 4 rings (SSSR count). The van der Waals surface area contributed by atoms with E-state index in [0.717, 1.165) is 16.3 Å². The number of carboxylic acid groups (broad SMARTS) is 1. The molecule has 0 aliphatic heterocycles. The largest absolute Gasteiger partial charge is 0.477 e. The van der Waals surface area contributed by atoms with Crippen LogP contribution < -0.4 is 14.8 Å². The van der Waals surface area contributed by atoms with Crippen molar-refractivity contribution in [2.24, 2.45) is 0 Å². The molecule has 0 radical (unpaired) electrons. The van der Waals surface area contributed by atoms with E-state index in [-0.39, 0.29) is 40.0 Å². The molecule has 1 atom stereocenters. The molecule has 10 nitrogen and oxygen atoms in total. The quantitative estimate of drug-likeness (QED) is 0.173. The summed E-state index contributed by atoms with van der Waals surface area (Å²) in [4.78, 5) is 33.7. The number of nitrogens with one attached hydrogen (secondary N) is 1. The highest BCUT2D eigenvalue weighted by atomic mass is 35.5. The van der Waals surface area contributed by atoms with Crippen LogP contribution in [0.2, 0.25) is 5.02 Å². The third-order valence-electron chi connectivity index (χ3n) is 6.33. The highest BCUT2D eigenvalue weighted by Gasteiger charge is 2.24. The number of aromatic nitrogens is 2. The SMILES string of the molecule is CC(C)(C)c1csc(COc2cccc(C(=O)NC(Oc3ccc(CCCS(=O)(=O)c4ccc(Cl)cc4)cc3)C(=O)O)n2)n1. The van der Waals surface area contributed by atoms with E-state index in [2.05, 4.69) is 36.1 Å². The van der Waals surface area contributed by atoms with Crippen LogP contribution in [0, 0.1) is 0 Å². The van der Waals surface area contributed by atoms with E-state index in [1.807, 2.05) is 5.38 Å². The van der Waals surface area contributed by atoms with Gasteiger partial charge in [0, 0.05) is 21.9 Å². The lowest BCUT2D eigenvalue weighted by molar-refractivity contribution is -0.146. The molecule has 2 heterocycles. The fourth-order valence-corrected chi connectivity index (χ4v) is 6.28. The van der Waals surface area contributed by atoms with Crippen molar-refractivity contribution in [3.05, 3.63) is 99.1 Å². The first-order chi connectivity index (χ1) is 20.8. The van der Waals surface area contributed by atoms with Crippen molar-refractivity contribution in [3.63, 3.8) is 0 Å². The van der Waals surface area contributed by atoms with Crippen molar-refractivity contribution in [1.82, 2.24) is 15.3 Å². The van der Waals surface area contributed by atoms with Crippen molar-refractivity contribution in [1.29, 1.82) is 0 Å². The van der Waals surface area contributed by atoms with Gasteiger partial charge in [-0.05, 0) is 60.9 Å². The number of carbonyl (C=O) groups is 2. The van der Waals surface area contributed by atoms with E-state index < -0.39 is 27.9 Å². The average molecular weight is 658 g/mol. The smallest absolute Gasteiger partial charge is 0.366 e. The molecule has 0 saturated heterocycles. The number of aryl methyl sites for hydroxylation is 1. The number of amides is 1. The van der Waals surface area contributed by atoms with Crippen LogP contribution >= 0.6 is 22.9 Å². The molecule has 0 aliphatic rings. The maximum absolute atomic E-state index is 12.8. The molecule has 0 spiro atoms. The molecular formula is C31H32ClN3O7S2. The van der Waals surface area contributed by atoms with Gasteiger partial charge in [0.05, 0.1) is 16.3 Å². The second-order valence-electron chi connectivity index (χ2n) is 10.9. The Labute approximate surface area is 265 Å². The Balaban J connectivity index is 1.30. The number of hydrogen-bond acceptors (Lipinski definition) is 9. The van der Waals surface area contributed by atoms with Gasteiger partial charge >= 0.3 is 5.97 Å². The van der Waals surface area contributed by atoms with Crippen molar-refractivity contribution < 1.29 is 32.6 Å². The zero-order valence-corrected chi connectivity index (χ0v) is 26.7. The summed E-state index contributed by atoms with van der Waals surface area (Å²) in [6.07, 6.45) is -0.817. The standard InChI is InChI=1S/C31H32ClN3O7S2/c1-31(2,3)25-19-43-27(34-25)18-41-26-8-4-7-24(33-26)28(36)35-29(30(37)38)42-22-13-9-20(10-14-22)6-5-17-44(39,40)23-15-11-21(32)12-16-23/h4,7-16,19,29H,5-6,17-18H2,1-3H3,(H,35,36)(H,37,38). The average Bonchev–Trinajstić information content (AvgIpc) is 3.47. The topological polar surface area (TPSA) is 145 Å². The van der Waals surface area contributed by atoms with Gasteiger partial charge in [0.15, 0.2) is 9.84 Å². The Morgan fingerprint density at radius 3 is 2.36 bits per heavy atom. The number of sulfone groups is 1. The molecule has 0 bridgehead atoms. The molecule has 4 aromatic rings. The van der Waals surface area contributed by atoms with Crippen LogP contribution in [-0.4, -0.2) is 47.3 Å². The summed E-state index contributed by atoms with van der Waals surface area (Å²) in [6.45, 7) is 6.39. The summed E-state index contributed by atoms with van der Waals surface area (Å²) in [7, 11) is -3.44. The van der Waals surface area contributed by atoms with E-state index in [4.69, 9.17) is 21.1 Å². The maximum atomic E-state index is 12.8. The van der Waals surface area contributed by atoms with E-state index in [1.165, 1.54) is 41.7 Å². The van der Waals surface area contributed by atoms with Crippen LogP contribution in [0.5, 0.6) is 11.6 Å². The van der Waals surface area contributed by atoms with E-state index >= 15 is 0 Å². The van der Waals surface area contributed by atoms with Crippen LogP contribution in [0.4, 0.5) is 0 Å². The zero-order chi connectivity index (χ0) is 31.9. The normalized spacial score (nSPS) is 12.4. The lowest BCUT2D eigenvalue weighted by atomic mass is 9.93. The molecule has 13 heteroatoms. The summed E-state index contributed by atoms with van der Waals surface area (Å²) >= 11 is 7.31. The van der Waals surface area contributed by atoms with Crippen LogP contribution in [0.3, 0.4) is 0 Å². The number of hydrogen-bond donors (Lipinski definition) is 2. The summed E-state index contributed by atoms with van der Waals surface area (Å²) in [5.41, 5.74) is 1.67. The van der Waals surface area contributed by atoms with Gasteiger partial charge in [0.25, 0.3) is 12.1 Å². The first-order valence-electron chi connectivity index (χ1n) is 13.6. The van der Waals surface area contributed by atoms with Gasteiger partial charge in [0.2, 0.25) is 5.88 Å². The summed E-state index contributed by atoms with van der Waals surface area (Å²) < 4.78 is 36.3. The number of benzene rings is 2. The molecule has 44 heavy (non-hydrogen) atoms. The van der Waals surface area contributed by atoms with Crippen LogP contribution in [0.1, 0.15) is 53.9 Å². The van der Waals surface area contributed by atoms with Gasteiger partial charge in [-0.2, -0.15) is 0 Å². The summed E-state index contributed by atoms with van der Waals surface area (Å²) in [6, 6.07) is 17.2. The first kappa shape index (κ1) is 32.9. The van der Waals surface area contributed by atoms with Gasteiger partial charge in [-0.15, -0.1) is 11.3 Å². The number of nitrogens with zero attached hydrogens (tertiary/aromatic N) is 2.